The number of nitrogens with zero attached hydrogens (tertiary/aromatic N) is 3. The second-order valence-corrected chi connectivity index (χ2v) is 2.92. The number of aromatic nitrogens is 1. The molecule has 1 aliphatic heterocycles. The Balaban J connectivity index is 2.23. The molecule has 1 aromatic rings. The summed E-state index contributed by atoms with van der Waals surface area (Å²) in [5.41, 5.74) is 2.95. The van der Waals surface area contributed by atoms with E-state index < -0.39 is 0 Å². The first kappa shape index (κ1) is 6.67. The third-order valence-corrected chi connectivity index (χ3v) is 2.06. The topological polar surface area (TPSA) is 28.5 Å². The average Bonchev–Trinajstić information content (AvgIpc) is 2.58. The summed E-state index contributed by atoms with van der Waals surface area (Å²) in [6.07, 6.45) is 3.54. The molecule has 2 rings (SSSR count). The van der Waals surface area contributed by atoms with Gasteiger partial charge in [-0.25, -0.2) is 0 Å². The van der Waals surface area contributed by atoms with Crippen molar-refractivity contribution in [1.29, 1.82) is 0 Å². The Kier molecular flexibility index (Phi) is 1.77. The van der Waals surface area contributed by atoms with Crippen molar-refractivity contribution < 1.29 is 0 Å². The van der Waals surface area contributed by atoms with Crippen LogP contribution >= 0.6 is 11.8 Å². The molecule has 4 heteroatoms. The molecule has 0 spiro atoms. The van der Waals surface area contributed by atoms with E-state index in [0.29, 0.717) is 0 Å². The SMILES string of the molecule is C1=NN(c2ccncc2)CS1. The van der Waals surface area contributed by atoms with Crippen LogP contribution in [-0.2, 0) is 0 Å². The fourth-order valence-corrected chi connectivity index (χ4v) is 1.49. The Hall–Kier alpha value is -1.03. The van der Waals surface area contributed by atoms with E-state index in [2.05, 4.69) is 10.1 Å². The van der Waals surface area contributed by atoms with Crippen LogP contribution in [0.1, 0.15) is 0 Å². The third kappa shape index (κ3) is 1.35. The number of rotatable bonds is 1. The number of hydrazone groups is 1. The molecule has 0 radical (unpaired) electrons. The molecule has 11 heavy (non-hydrogen) atoms. The van der Waals surface area contributed by atoms with Gasteiger partial charge >= 0.3 is 0 Å². The van der Waals surface area contributed by atoms with Crippen molar-refractivity contribution in [2.45, 2.75) is 0 Å². The lowest BCUT2D eigenvalue weighted by atomic mass is 10.4. The van der Waals surface area contributed by atoms with Gasteiger partial charge in [0.2, 0.25) is 0 Å². The lowest BCUT2D eigenvalue weighted by Gasteiger charge is -2.11. The summed E-state index contributed by atoms with van der Waals surface area (Å²) >= 11 is 1.69. The zero-order chi connectivity index (χ0) is 7.52. The molecule has 56 valence electrons. The van der Waals surface area contributed by atoms with E-state index in [1.54, 1.807) is 24.2 Å². The van der Waals surface area contributed by atoms with Gasteiger partial charge in [0.1, 0.15) is 0 Å². The van der Waals surface area contributed by atoms with E-state index in [4.69, 9.17) is 0 Å². The van der Waals surface area contributed by atoms with E-state index in [-0.39, 0.29) is 0 Å². The first-order valence-electron chi connectivity index (χ1n) is 3.28. The van der Waals surface area contributed by atoms with Gasteiger partial charge in [0.25, 0.3) is 0 Å². The van der Waals surface area contributed by atoms with Gasteiger partial charge in [-0.05, 0) is 12.1 Å². The van der Waals surface area contributed by atoms with E-state index in [1.165, 1.54) is 0 Å². The maximum absolute atomic E-state index is 4.15. The lowest BCUT2D eigenvalue weighted by molar-refractivity contribution is 1.01. The first-order valence-corrected chi connectivity index (χ1v) is 4.33. The Labute approximate surface area is 69.1 Å². The zero-order valence-corrected chi connectivity index (χ0v) is 6.66. The van der Waals surface area contributed by atoms with Gasteiger partial charge < -0.3 is 0 Å². The van der Waals surface area contributed by atoms with Gasteiger partial charge in [0.05, 0.1) is 17.1 Å². The van der Waals surface area contributed by atoms with Crippen molar-refractivity contribution >= 4 is 23.0 Å². The summed E-state index contributed by atoms with van der Waals surface area (Å²) in [7, 11) is 0. The molecule has 0 bridgehead atoms. The Morgan fingerprint density at radius 1 is 1.36 bits per heavy atom. The number of hydrogen-bond donors (Lipinski definition) is 0. The Morgan fingerprint density at radius 3 is 2.82 bits per heavy atom. The molecule has 0 fully saturated rings. The molecule has 0 aromatic carbocycles. The zero-order valence-electron chi connectivity index (χ0n) is 5.84. The van der Waals surface area contributed by atoms with Crippen LogP contribution in [0.2, 0.25) is 0 Å². The number of anilines is 1. The monoisotopic (exact) mass is 165 g/mol. The van der Waals surface area contributed by atoms with Gasteiger partial charge in [-0.3, -0.25) is 9.99 Å². The standard InChI is InChI=1S/C7H7N3S/c1-3-8-4-2-7(1)10-6-11-5-9-10/h1-5H,6H2. The van der Waals surface area contributed by atoms with E-state index >= 15 is 0 Å². The Morgan fingerprint density at radius 2 is 2.18 bits per heavy atom. The van der Waals surface area contributed by atoms with Gasteiger partial charge in [-0.1, -0.05) is 11.8 Å². The van der Waals surface area contributed by atoms with Gasteiger partial charge in [-0.15, -0.1) is 0 Å². The Bertz CT molecular complexity index is 260. The van der Waals surface area contributed by atoms with Crippen LogP contribution < -0.4 is 5.01 Å². The molecule has 2 heterocycles. The quantitative estimate of drug-likeness (QED) is 0.632. The average molecular weight is 165 g/mol. The van der Waals surface area contributed by atoms with E-state index in [1.807, 2.05) is 22.7 Å². The highest BCUT2D eigenvalue weighted by Crippen LogP contribution is 2.19. The fourth-order valence-electron chi connectivity index (χ4n) is 0.885. The predicted molar refractivity (Wildman–Crippen MR) is 47.7 cm³/mol. The predicted octanol–water partition coefficient (Wildman–Crippen LogP) is 1.54. The summed E-state index contributed by atoms with van der Waals surface area (Å²) in [6.45, 7) is 0. The normalized spacial score (nSPS) is 15.8. The molecule has 0 aliphatic carbocycles. The second kappa shape index (κ2) is 2.92. The second-order valence-electron chi connectivity index (χ2n) is 2.12. The van der Waals surface area contributed by atoms with Crippen LogP contribution in [0.5, 0.6) is 0 Å². The minimum atomic E-state index is 0.907. The molecular weight excluding hydrogens is 158 g/mol. The van der Waals surface area contributed by atoms with Crippen LogP contribution in [0.3, 0.4) is 0 Å². The van der Waals surface area contributed by atoms with Crippen molar-refractivity contribution in [2.75, 3.05) is 10.9 Å². The number of thioether (sulfide) groups is 1. The van der Waals surface area contributed by atoms with Crippen molar-refractivity contribution in [3.05, 3.63) is 24.5 Å². The number of pyridine rings is 1. The van der Waals surface area contributed by atoms with Gasteiger partial charge in [-0.2, -0.15) is 5.10 Å². The maximum Gasteiger partial charge on any atom is 0.0926 e. The van der Waals surface area contributed by atoms with Gasteiger partial charge in [0.15, 0.2) is 0 Å². The molecule has 0 saturated heterocycles. The minimum absolute atomic E-state index is 0.907. The third-order valence-electron chi connectivity index (χ3n) is 1.42. The van der Waals surface area contributed by atoms with Crippen molar-refractivity contribution in [3.8, 4) is 0 Å². The molecule has 0 N–H and O–H groups in total. The molecular formula is C7H7N3S. The molecule has 0 amide bonds. The molecule has 1 aliphatic rings. The first-order chi connectivity index (χ1) is 5.47. The molecule has 1 aromatic heterocycles. The summed E-state index contributed by atoms with van der Waals surface area (Å²) in [5, 5.41) is 6.09. The van der Waals surface area contributed by atoms with Crippen molar-refractivity contribution in [1.82, 2.24) is 4.98 Å². The van der Waals surface area contributed by atoms with Crippen LogP contribution in [0.25, 0.3) is 0 Å². The van der Waals surface area contributed by atoms with E-state index in [0.717, 1.165) is 11.6 Å². The highest BCUT2D eigenvalue weighted by atomic mass is 32.2. The van der Waals surface area contributed by atoms with Gasteiger partial charge in [0, 0.05) is 12.4 Å². The minimum Gasteiger partial charge on any atom is -0.265 e. The summed E-state index contributed by atoms with van der Waals surface area (Å²) in [5.74, 6) is 0.907. The smallest absolute Gasteiger partial charge is 0.0926 e. The van der Waals surface area contributed by atoms with E-state index in [9.17, 15) is 0 Å². The molecule has 0 unspecified atom stereocenters. The molecule has 0 saturated carbocycles. The van der Waals surface area contributed by atoms with Crippen LogP contribution in [-0.4, -0.2) is 16.4 Å². The summed E-state index contributed by atoms with van der Waals surface area (Å²) < 4.78 is 0. The highest BCUT2D eigenvalue weighted by Gasteiger charge is 2.06. The molecule has 3 nitrogen and oxygen atoms in total. The maximum atomic E-state index is 4.15. The van der Waals surface area contributed by atoms with Crippen molar-refractivity contribution in [2.24, 2.45) is 5.10 Å². The summed E-state index contributed by atoms with van der Waals surface area (Å²) in [4.78, 5) is 3.93. The lowest BCUT2D eigenvalue weighted by Crippen LogP contribution is -2.09. The van der Waals surface area contributed by atoms with Crippen LogP contribution in [0.15, 0.2) is 29.6 Å². The fraction of sp³-hybridized carbons (Fsp3) is 0.143. The van der Waals surface area contributed by atoms with Crippen LogP contribution in [0, 0.1) is 0 Å². The van der Waals surface area contributed by atoms with Crippen molar-refractivity contribution in [3.63, 3.8) is 0 Å². The van der Waals surface area contributed by atoms with Crippen LogP contribution in [0.4, 0.5) is 5.69 Å². The largest absolute Gasteiger partial charge is 0.265 e. The highest BCUT2D eigenvalue weighted by molar-refractivity contribution is 8.12. The molecule has 0 atom stereocenters. The summed E-state index contributed by atoms with van der Waals surface area (Å²) in [6, 6.07) is 3.90. The number of hydrogen-bond acceptors (Lipinski definition) is 4.